The van der Waals surface area contributed by atoms with E-state index in [1.54, 1.807) is 5.57 Å². The van der Waals surface area contributed by atoms with Gasteiger partial charge >= 0.3 is 0 Å². The van der Waals surface area contributed by atoms with Crippen molar-refractivity contribution in [1.82, 2.24) is 0 Å². The molecule has 4 aliphatic rings. The van der Waals surface area contributed by atoms with Gasteiger partial charge in [-0.3, -0.25) is 0 Å². The number of hydrogen-bond donors (Lipinski definition) is 1. The predicted octanol–water partition coefficient (Wildman–Crippen LogP) is 6.37. The van der Waals surface area contributed by atoms with Gasteiger partial charge < -0.3 is 5.11 Å². The molecule has 0 bridgehead atoms. The third kappa shape index (κ3) is 3.11. The van der Waals surface area contributed by atoms with E-state index in [1.807, 2.05) is 0 Å². The van der Waals surface area contributed by atoms with E-state index in [-0.39, 0.29) is 6.10 Å². The molecule has 0 amide bonds. The summed E-state index contributed by atoms with van der Waals surface area (Å²) in [6.07, 6.45) is 21.6. The Morgan fingerprint density at radius 3 is 2.78 bits per heavy atom. The van der Waals surface area contributed by atoms with E-state index in [0.29, 0.717) is 10.8 Å². The number of allylic oxidation sites excluding steroid dienone is 1. The third-order valence-corrected chi connectivity index (χ3v) is 9.82. The molecule has 1 nitrogen and oxygen atoms in total. The lowest BCUT2D eigenvalue weighted by Gasteiger charge is -2.58. The van der Waals surface area contributed by atoms with Crippen molar-refractivity contribution in [3.8, 4) is 12.3 Å². The summed E-state index contributed by atoms with van der Waals surface area (Å²) in [5, 5.41) is 10.2. The number of rotatable bonds is 4. The summed E-state index contributed by atoms with van der Waals surface area (Å²) in [5.74, 6) is 7.20. The fraction of sp³-hybridized carbons (Fsp3) is 0.846. The van der Waals surface area contributed by atoms with Gasteiger partial charge in [-0.2, -0.15) is 0 Å². The highest BCUT2D eigenvalue weighted by Gasteiger charge is 2.58. The molecule has 150 valence electrons. The molecule has 4 aliphatic carbocycles. The quantitative estimate of drug-likeness (QED) is 0.347. The van der Waals surface area contributed by atoms with Crippen LogP contribution in [0.4, 0.5) is 0 Å². The maximum absolute atomic E-state index is 10.2. The van der Waals surface area contributed by atoms with Gasteiger partial charge in [0, 0.05) is 6.42 Å². The minimum Gasteiger partial charge on any atom is -0.393 e. The number of unbranched alkanes of at least 4 members (excludes halogenated alkanes) is 1. The van der Waals surface area contributed by atoms with Crippen molar-refractivity contribution in [2.75, 3.05) is 0 Å². The third-order valence-electron chi connectivity index (χ3n) is 9.82. The number of aliphatic hydroxyl groups is 1. The first-order chi connectivity index (χ1) is 12.9. The number of aliphatic hydroxyl groups excluding tert-OH is 1. The molecule has 27 heavy (non-hydrogen) atoms. The summed E-state index contributed by atoms with van der Waals surface area (Å²) in [4.78, 5) is 0. The zero-order valence-electron chi connectivity index (χ0n) is 17.8. The van der Waals surface area contributed by atoms with Crippen LogP contribution in [0.15, 0.2) is 11.6 Å². The zero-order chi connectivity index (χ0) is 19.2. The van der Waals surface area contributed by atoms with Crippen molar-refractivity contribution in [1.29, 1.82) is 0 Å². The number of fused-ring (bicyclic) bond motifs is 5. The molecule has 0 saturated heterocycles. The summed E-state index contributed by atoms with van der Waals surface area (Å²) < 4.78 is 0. The van der Waals surface area contributed by atoms with Crippen LogP contribution in [0.3, 0.4) is 0 Å². The molecule has 1 heteroatoms. The highest BCUT2D eigenvalue weighted by Crippen LogP contribution is 2.67. The van der Waals surface area contributed by atoms with Crippen LogP contribution in [0.2, 0.25) is 0 Å². The second-order valence-corrected chi connectivity index (χ2v) is 11.0. The van der Waals surface area contributed by atoms with Gasteiger partial charge in [0.1, 0.15) is 0 Å². The van der Waals surface area contributed by atoms with E-state index in [1.165, 1.54) is 51.4 Å². The van der Waals surface area contributed by atoms with Gasteiger partial charge in [-0.25, -0.2) is 0 Å². The van der Waals surface area contributed by atoms with Crippen LogP contribution in [0.25, 0.3) is 0 Å². The molecular formula is C26H40O. The summed E-state index contributed by atoms with van der Waals surface area (Å²) in [5.41, 5.74) is 2.52. The standard InChI is InChI=1S/C26H40O/c1-5-6-7-8-18(2)22-11-12-23-21-10-9-19-17-20(27)13-15-25(19,3)24(21)14-16-26(22,23)4/h1,9,18,20-24,27H,6-8,10-17H2,2-4H3. The maximum atomic E-state index is 10.2. The highest BCUT2D eigenvalue weighted by molar-refractivity contribution is 5.25. The monoisotopic (exact) mass is 368 g/mol. The van der Waals surface area contributed by atoms with E-state index in [0.717, 1.165) is 48.9 Å². The molecule has 0 spiro atoms. The van der Waals surface area contributed by atoms with Crippen molar-refractivity contribution < 1.29 is 5.11 Å². The molecule has 0 radical (unpaired) electrons. The number of hydrogen-bond acceptors (Lipinski definition) is 1. The van der Waals surface area contributed by atoms with E-state index in [9.17, 15) is 5.11 Å². The molecule has 8 unspecified atom stereocenters. The first kappa shape index (κ1) is 19.6. The Morgan fingerprint density at radius 1 is 1.19 bits per heavy atom. The summed E-state index contributed by atoms with van der Waals surface area (Å²) in [6.45, 7) is 7.69. The van der Waals surface area contributed by atoms with Crippen molar-refractivity contribution in [3.63, 3.8) is 0 Å². The molecule has 0 aromatic carbocycles. The van der Waals surface area contributed by atoms with E-state index < -0.39 is 0 Å². The highest BCUT2D eigenvalue weighted by atomic mass is 16.3. The van der Waals surface area contributed by atoms with Gasteiger partial charge in [-0.15, -0.1) is 12.3 Å². The molecule has 3 saturated carbocycles. The molecule has 0 aromatic heterocycles. The van der Waals surface area contributed by atoms with Crippen LogP contribution in [-0.4, -0.2) is 11.2 Å². The Hall–Kier alpha value is -0.740. The lowest BCUT2D eigenvalue weighted by molar-refractivity contribution is -0.0572. The van der Waals surface area contributed by atoms with Crippen molar-refractivity contribution in [3.05, 3.63) is 11.6 Å². The lowest BCUT2D eigenvalue weighted by Crippen LogP contribution is -2.50. The van der Waals surface area contributed by atoms with Crippen molar-refractivity contribution >= 4 is 0 Å². The molecule has 4 rings (SSSR count). The van der Waals surface area contributed by atoms with Gasteiger partial charge in [0.05, 0.1) is 6.10 Å². The Morgan fingerprint density at radius 2 is 2.00 bits per heavy atom. The van der Waals surface area contributed by atoms with Gasteiger partial charge in [-0.1, -0.05) is 32.4 Å². The van der Waals surface area contributed by atoms with Crippen LogP contribution in [0, 0.1) is 52.8 Å². The minimum atomic E-state index is -0.0885. The SMILES string of the molecule is C#CCCCC(C)C1CCC2C3CC=C4CC(O)CCC4(C)C3CCC12C. The van der Waals surface area contributed by atoms with Crippen LogP contribution in [-0.2, 0) is 0 Å². The van der Waals surface area contributed by atoms with E-state index >= 15 is 0 Å². The first-order valence-electron chi connectivity index (χ1n) is 11.7. The normalized spacial score (nSPS) is 47.2. The Balaban J connectivity index is 1.53. The molecule has 1 N–H and O–H groups in total. The van der Waals surface area contributed by atoms with Gasteiger partial charge in [-0.05, 0) is 105 Å². The molecule has 3 fully saturated rings. The van der Waals surface area contributed by atoms with Crippen LogP contribution in [0.5, 0.6) is 0 Å². The smallest absolute Gasteiger partial charge is 0.0577 e. The first-order valence-corrected chi connectivity index (χ1v) is 11.7. The van der Waals surface area contributed by atoms with Gasteiger partial charge in [0.2, 0.25) is 0 Å². The topological polar surface area (TPSA) is 20.2 Å². The Bertz CT molecular complexity index is 627. The average Bonchev–Trinajstić information content (AvgIpc) is 3.00. The predicted molar refractivity (Wildman–Crippen MR) is 113 cm³/mol. The van der Waals surface area contributed by atoms with E-state index in [2.05, 4.69) is 32.8 Å². The van der Waals surface area contributed by atoms with Crippen molar-refractivity contribution in [2.24, 2.45) is 40.4 Å². The summed E-state index contributed by atoms with van der Waals surface area (Å²) >= 11 is 0. The summed E-state index contributed by atoms with van der Waals surface area (Å²) in [7, 11) is 0. The van der Waals surface area contributed by atoms with E-state index in [4.69, 9.17) is 6.42 Å². The maximum Gasteiger partial charge on any atom is 0.0577 e. The Kier molecular flexibility index (Phi) is 5.26. The number of terminal acetylenes is 1. The molecular weight excluding hydrogens is 328 g/mol. The lowest BCUT2D eigenvalue weighted by atomic mass is 9.47. The zero-order valence-corrected chi connectivity index (χ0v) is 17.8. The van der Waals surface area contributed by atoms with Crippen molar-refractivity contribution in [2.45, 2.75) is 97.5 Å². The largest absolute Gasteiger partial charge is 0.393 e. The van der Waals surface area contributed by atoms with Crippen LogP contribution in [0.1, 0.15) is 91.4 Å². The fourth-order valence-electron chi connectivity index (χ4n) is 8.34. The second kappa shape index (κ2) is 7.26. The van der Waals surface area contributed by atoms with Crippen LogP contribution >= 0.6 is 0 Å². The molecule has 8 atom stereocenters. The molecule has 0 aliphatic heterocycles. The van der Waals surface area contributed by atoms with Gasteiger partial charge in [0.25, 0.3) is 0 Å². The fourth-order valence-corrected chi connectivity index (χ4v) is 8.34. The summed E-state index contributed by atoms with van der Waals surface area (Å²) in [6, 6.07) is 0. The molecule has 0 heterocycles. The molecule has 0 aromatic rings. The van der Waals surface area contributed by atoms with Crippen LogP contribution < -0.4 is 0 Å². The minimum absolute atomic E-state index is 0.0885. The average molecular weight is 369 g/mol. The van der Waals surface area contributed by atoms with Gasteiger partial charge in [0.15, 0.2) is 0 Å². The second-order valence-electron chi connectivity index (χ2n) is 11.0. The Labute approximate surface area is 167 Å².